The number of aliphatic hydroxyl groups excluding tert-OH is 1. The molecular weight excluding hydrogens is 314 g/mol. The number of aliphatic hydroxyl groups is 1. The Morgan fingerprint density at radius 1 is 1.24 bits per heavy atom. The molecule has 2 heterocycles. The minimum Gasteiger partial charge on any atom is -0.391 e. The number of nitrogens with one attached hydrogen (secondary N) is 1. The molecule has 0 unspecified atom stereocenters. The third kappa shape index (κ3) is 3.12. The molecule has 1 aromatic heterocycles. The lowest BCUT2D eigenvalue weighted by molar-refractivity contribution is -0.123. The third-order valence-corrected chi connectivity index (χ3v) is 5.35. The van der Waals surface area contributed by atoms with Crippen molar-refractivity contribution in [3.8, 4) is 0 Å². The van der Waals surface area contributed by atoms with Gasteiger partial charge in [0.15, 0.2) is 0 Å². The van der Waals surface area contributed by atoms with Crippen molar-refractivity contribution in [3.05, 3.63) is 59.9 Å². The first-order valence-electron chi connectivity index (χ1n) is 8.89. The SMILES string of the molecule is O=C(NCc1ccccc1N1CC[C@@H](O)C1)C1(c2ccncc2)CC1. The second-order valence-corrected chi connectivity index (χ2v) is 7.02. The molecule has 0 radical (unpaired) electrons. The number of carbonyl (C=O) groups is 1. The maximum Gasteiger partial charge on any atom is 0.230 e. The molecule has 2 N–H and O–H groups in total. The predicted molar refractivity (Wildman–Crippen MR) is 96.3 cm³/mol. The number of aromatic nitrogens is 1. The van der Waals surface area contributed by atoms with E-state index >= 15 is 0 Å². The van der Waals surface area contributed by atoms with Crippen molar-refractivity contribution in [2.45, 2.75) is 37.3 Å². The molecule has 4 rings (SSSR count). The standard InChI is InChI=1S/C20H23N3O2/c24-17-7-12-23(14-17)18-4-2-1-3-15(18)13-22-19(25)20(8-9-20)16-5-10-21-11-6-16/h1-6,10-11,17,24H,7-9,12-14H2,(H,22,25)/t17-/m1/s1. The van der Waals surface area contributed by atoms with Crippen LogP contribution >= 0.6 is 0 Å². The number of benzene rings is 1. The predicted octanol–water partition coefficient (Wildman–Crippen LogP) is 2.00. The molecule has 2 aromatic rings. The smallest absolute Gasteiger partial charge is 0.230 e. The number of amides is 1. The highest BCUT2D eigenvalue weighted by Gasteiger charge is 2.51. The van der Waals surface area contributed by atoms with E-state index in [2.05, 4.69) is 21.3 Å². The fraction of sp³-hybridized carbons (Fsp3) is 0.400. The van der Waals surface area contributed by atoms with Gasteiger partial charge in [-0.1, -0.05) is 18.2 Å². The molecule has 130 valence electrons. The zero-order valence-corrected chi connectivity index (χ0v) is 14.2. The minimum atomic E-state index is -0.373. The number of rotatable bonds is 5. The molecule has 1 saturated heterocycles. The van der Waals surface area contributed by atoms with Crippen molar-refractivity contribution < 1.29 is 9.90 Å². The first-order valence-corrected chi connectivity index (χ1v) is 8.89. The lowest BCUT2D eigenvalue weighted by atomic mass is 9.96. The van der Waals surface area contributed by atoms with Crippen LogP contribution in [0.5, 0.6) is 0 Å². The van der Waals surface area contributed by atoms with Crippen molar-refractivity contribution in [2.24, 2.45) is 0 Å². The van der Waals surface area contributed by atoms with Crippen LogP contribution in [0.3, 0.4) is 0 Å². The molecule has 5 nitrogen and oxygen atoms in total. The number of pyridine rings is 1. The summed E-state index contributed by atoms with van der Waals surface area (Å²) in [6.45, 7) is 2.02. The lowest BCUT2D eigenvalue weighted by Gasteiger charge is -2.22. The van der Waals surface area contributed by atoms with Gasteiger partial charge < -0.3 is 15.3 Å². The molecule has 5 heteroatoms. The highest BCUT2D eigenvalue weighted by Crippen LogP contribution is 2.48. The Labute approximate surface area is 147 Å². The van der Waals surface area contributed by atoms with Crippen LogP contribution in [-0.2, 0) is 16.8 Å². The summed E-state index contributed by atoms with van der Waals surface area (Å²) in [5.74, 6) is 0.0926. The number of nitrogens with zero attached hydrogens (tertiary/aromatic N) is 2. The van der Waals surface area contributed by atoms with Gasteiger partial charge in [0.2, 0.25) is 5.91 Å². The Morgan fingerprint density at radius 3 is 2.68 bits per heavy atom. The summed E-state index contributed by atoms with van der Waals surface area (Å²) in [5, 5.41) is 12.9. The number of β-amino-alcohol motifs (C(OH)–C–C–N with tert-alkyl or cyclic N) is 1. The second kappa shape index (κ2) is 6.48. The largest absolute Gasteiger partial charge is 0.391 e. The van der Waals surface area contributed by atoms with E-state index in [9.17, 15) is 9.90 Å². The van der Waals surface area contributed by atoms with E-state index in [0.29, 0.717) is 13.1 Å². The second-order valence-electron chi connectivity index (χ2n) is 7.02. The summed E-state index contributed by atoms with van der Waals surface area (Å²) in [4.78, 5) is 19.0. The van der Waals surface area contributed by atoms with E-state index in [4.69, 9.17) is 0 Å². The van der Waals surface area contributed by atoms with Gasteiger partial charge in [0.25, 0.3) is 0 Å². The van der Waals surface area contributed by atoms with Gasteiger partial charge in [-0.2, -0.15) is 0 Å². The first-order chi connectivity index (χ1) is 12.2. The van der Waals surface area contributed by atoms with Crippen LogP contribution in [0.15, 0.2) is 48.8 Å². The van der Waals surface area contributed by atoms with Gasteiger partial charge in [0.05, 0.1) is 11.5 Å². The average molecular weight is 337 g/mol. The van der Waals surface area contributed by atoms with Crippen LogP contribution in [0.1, 0.15) is 30.4 Å². The van der Waals surface area contributed by atoms with Gasteiger partial charge in [-0.3, -0.25) is 9.78 Å². The Balaban J connectivity index is 1.46. The van der Waals surface area contributed by atoms with E-state index < -0.39 is 0 Å². The van der Waals surface area contributed by atoms with Crippen molar-refractivity contribution >= 4 is 11.6 Å². The molecule has 1 aromatic carbocycles. The van der Waals surface area contributed by atoms with Gasteiger partial charge >= 0.3 is 0 Å². The molecule has 25 heavy (non-hydrogen) atoms. The molecule has 2 aliphatic rings. The van der Waals surface area contributed by atoms with Crippen LogP contribution in [0.25, 0.3) is 0 Å². The van der Waals surface area contributed by atoms with Crippen LogP contribution in [0.4, 0.5) is 5.69 Å². The van der Waals surface area contributed by atoms with Crippen LogP contribution < -0.4 is 10.2 Å². The average Bonchev–Trinajstić information content (AvgIpc) is 3.36. The lowest BCUT2D eigenvalue weighted by Crippen LogP contribution is -2.34. The van der Waals surface area contributed by atoms with E-state index in [-0.39, 0.29) is 17.4 Å². The molecule has 1 saturated carbocycles. The normalized spacial score (nSPS) is 21.2. The van der Waals surface area contributed by atoms with E-state index in [1.807, 2.05) is 30.3 Å². The van der Waals surface area contributed by atoms with Crippen molar-refractivity contribution in [1.29, 1.82) is 0 Å². The summed E-state index contributed by atoms with van der Waals surface area (Å²) in [6.07, 6.45) is 5.81. The number of para-hydroxylation sites is 1. The molecular formula is C20H23N3O2. The molecule has 1 amide bonds. The van der Waals surface area contributed by atoms with Gasteiger partial charge in [-0.25, -0.2) is 0 Å². The quantitative estimate of drug-likeness (QED) is 0.876. The zero-order chi connectivity index (χ0) is 17.3. The van der Waals surface area contributed by atoms with Crippen molar-refractivity contribution in [1.82, 2.24) is 10.3 Å². The summed E-state index contributed by atoms with van der Waals surface area (Å²) >= 11 is 0. The van der Waals surface area contributed by atoms with E-state index in [1.54, 1.807) is 12.4 Å². The molecule has 2 fully saturated rings. The summed E-state index contributed by atoms with van der Waals surface area (Å²) in [7, 11) is 0. The van der Waals surface area contributed by atoms with E-state index in [0.717, 1.165) is 42.6 Å². The maximum atomic E-state index is 12.8. The number of hydrogen-bond donors (Lipinski definition) is 2. The van der Waals surface area contributed by atoms with E-state index in [1.165, 1.54) is 0 Å². The Morgan fingerprint density at radius 2 is 2.00 bits per heavy atom. The summed E-state index contributed by atoms with van der Waals surface area (Å²) in [5.41, 5.74) is 2.88. The summed E-state index contributed by atoms with van der Waals surface area (Å²) in [6, 6.07) is 12.0. The van der Waals surface area contributed by atoms with Crippen LogP contribution in [-0.4, -0.2) is 35.2 Å². The maximum absolute atomic E-state index is 12.8. The van der Waals surface area contributed by atoms with Gasteiger partial charge in [0.1, 0.15) is 0 Å². The molecule has 1 atom stereocenters. The highest BCUT2D eigenvalue weighted by molar-refractivity contribution is 5.91. The van der Waals surface area contributed by atoms with Gasteiger partial charge in [0, 0.05) is 37.7 Å². The number of anilines is 1. The van der Waals surface area contributed by atoms with Gasteiger partial charge in [-0.15, -0.1) is 0 Å². The molecule has 0 bridgehead atoms. The van der Waals surface area contributed by atoms with Gasteiger partial charge in [-0.05, 0) is 48.6 Å². The highest BCUT2D eigenvalue weighted by atomic mass is 16.3. The molecule has 1 aliphatic heterocycles. The Hall–Kier alpha value is -2.40. The fourth-order valence-corrected chi connectivity index (χ4v) is 3.72. The monoisotopic (exact) mass is 337 g/mol. The zero-order valence-electron chi connectivity index (χ0n) is 14.2. The minimum absolute atomic E-state index is 0.0926. The van der Waals surface area contributed by atoms with Crippen LogP contribution in [0.2, 0.25) is 0 Å². The van der Waals surface area contributed by atoms with Crippen molar-refractivity contribution in [3.63, 3.8) is 0 Å². The fourth-order valence-electron chi connectivity index (χ4n) is 3.72. The first kappa shape index (κ1) is 16.1. The Kier molecular flexibility index (Phi) is 4.17. The number of hydrogen-bond acceptors (Lipinski definition) is 4. The van der Waals surface area contributed by atoms with Crippen molar-refractivity contribution in [2.75, 3.05) is 18.0 Å². The number of carbonyl (C=O) groups excluding carboxylic acids is 1. The molecule has 0 spiro atoms. The Bertz CT molecular complexity index is 759. The summed E-state index contributed by atoms with van der Waals surface area (Å²) < 4.78 is 0. The third-order valence-electron chi connectivity index (χ3n) is 5.35. The van der Waals surface area contributed by atoms with Crippen LogP contribution in [0, 0.1) is 0 Å². The molecule has 1 aliphatic carbocycles. The topological polar surface area (TPSA) is 65.5 Å².